The van der Waals surface area contributed by atoms with Crippen LogP contribution in [0.2, 0.25) is 0 Å². The van der Waals surface area contributed by atoms with E-state index in [1.165, 1.54) is 19.3 Å². The molecule has 0 saturated carbocycles. The van der Waals surface area contributed by atoms with E-state index in [2.05, 4.69) is 10.6 Å². The first-order valence-corrected chi connectivity index (χ1v) is 12.2. The van der Waals surface area contributed by atoms with E-state index in [1.807, 2.05) is 51.1 Å². The maximum absolute atomic E-state index is 12.8. The van der Waals surface area contributed by atoms with Gasteiger partial charge in [-0.25, -0.2) is 4.79 Å². The first-order chi connectivity index (χ1) is 17.4. The molecule has 1 aliphatic heterocycles. The van der Waals surface area contributed by atoms with Crippen molar-refractivity contribution in [1.29, 1.82) is 0 Å². The van der Waals surface area contributed by atoms with Gasteiger partial charge in [-0.2, -0.15) is 0 Å². The molecule has 6 atom stereocenters. The normalized spacial score (nSPS) is 22.1. The summed E-state index contributed by atoms with van der Waals surface area (Å²) >= 11 is 0. The molecule has 1 fully saturated rings. The van der Waals surface area contributed by atoms with Gasteiger partial charge in [0.05, 0.1) is 6.54 Å². The highest BCUT2D eigenvalue weighted by molar-refractivity contribution is 5.90. The smallest absolute Gasteiger partial charge is 0.331 e. The third-order valence-electron chi connectivity index (χ3n) is 5.72. The average Bonchev–Trinajstić information content (AvgIpc) is 3.02. The van der Waals surface area contributed by atoms with E-state index in [1.54, 1.807) is 12.2 Å². The van der Waals surface area contributed by atoms with E-state index in [0.29, 0.717) is 6.42 Å². The fourth-order valence-electron chi connectivity index (χ4n) is 3.63. The van der Waals surface area contributed by atoms with Crippen LogP contribution < -0.4 is 10.6 Å². The van der Waals surface area contributed by atoms with Crippen molar-refractivity contribution in [1.82, 2.24) is 10.6 Å². The Morgan fingerprint density at radius 2 is 1.78 bits per heavy atom. The summed E-state index contributed by atoms with van der Waals surface area (Å²) in [5.74, 6) is -1.87. The number of methoxy groups -OCH3 is 1. The number of nitrogens with one attached hydrogen (secondary N) is 2. The number of aliphatic hydroxyl groups excluding tert-OH is 3. The Kier molecular flexibility index (Phi) is 11.4. The minimum atomic E-state index is -1.76. The number of hydrogen-bond donors (Lipinski definition) is 5. The number of aliphatic hydroxyl groups is 3. The number of benzene rings is 1. The van der Waals surface area contributed by atoms with Gasteiger partial charge >= 0.3 is 5.97 Å². The number of allylic oxidation sites excluding steroid dienone is 1. The van der Waals surface area contributed by atoms with Gasteiger partial charge in [-0.1, -0.05) is 63.3 Å². The number of rotatable bonds is 10. The van der Waals surface area contributed by atoms with Gasteiger partial charge in [0, 0.05) is 13.2 Å². The minimum Gasteiger partial charge on any atom is -0.457 e. The van der Waals surface area contributed by atoms with Crippen LogP contribution in [-0.4, -0.2) is 83.3 Å². The Hall–Kier alpha value is -3.05. The molecule has 1 saturated heterocycles. The van der Waals surface area contributed by atoms with Crippen molar-refractivity contribution in [2.75, 3.05) is 13.7 Å². The zero-order valence-electron chi connectivity index (χ0n) is 21.7. The Bertz CT molecular complexity index is 957. The molecule has 10 nitrogen and oxygen atoms in total. The molecule has 5 N–H and O–H groups in total. The molecule has 37 heavy (non-hydrogen) atoms. The summed E-state index contributed by atoms with van der Waals surface area (Å²) in [5, 5.41) is 36.1. The molecule has 1 heterocycles. The molecule has 0 aromatic heterocycles. The second-order valence-electron chi connectivity index (χ2n) is 10.0. The van der Waals surface area contributed by atoms with Crippen LogP contribution in [0.4, 0.5) is 0 Å². The van der Waals surface area contributed by atoms with Crippen molar-refractivity contribution in [3.05, 3.63) is 54.1 Å². The van der Waals surface area contributed by atoms with E-state index < -0.39 is 54.3 Å². The second-order valence-corrected chi connectivity index (χ2v) is 10.0. The average molecular weight is 519 g/mol. The fourth-order valence-corrected chi connectivity index (χ4v) is 3.63. The van der Waals surface area contributed by atoms with Crippen molar-refractivity contribution in [2.45, 2.75) is 70.2 Å². The summed E-state index contributed by atoms with van der Waals surface area (Å²) in [4.78, 5) is 37.5. The third-order valence-corrected chi connectivity index (χ3v) is 5.72. The lowest BCUT2D eigenvalue weighted by Crippen LogP contribution is -2.55. The number of hydrogen-bond acceptors (Lipinski definition) is 8. The number of ether oxygens (including phenoxy) is 2. The van der Waals surface area contributed by atoms with Crippen LogP contribution in [0.15, 0.2) is 48.6 Å². The monoisotopic (exact) mass is 518 g/mol. The number of carbonyl (C=O) groups excluding carboxylic acids is 3. The number of amides is 2. The van der Waals surface area contributed by atoms with Gasteiger partial charge < -0.3 is 35.4 Å². The van der Waals surface area contributed by atoms with Crippen molar-refractivity contribution in [3.63, 3.8) is 0 Å². The zero-order chi connectivity index (χ0) is 27.6. The predicted molar refractivity (Wildman–Crippen MR) is 137 cm³/mol. The van der Waals surface area contributed by atoms with Crippen molar-refractivity contribution in [2.24, 2.45) is 5.41 Å². The summed E-state index contributed by atoms with van der Waals surface area (Å²) in [5.41, 5.74) is 0.579. The summed E-state index contributed by atoms with van der Waals surface area (Å²) in [6, 6.07) is 8.28. The van der Waals surface area contributed by atoms with Crippen LogP contribution in [0.5, 0.6) is 0 Å². The fraction of sp³-hybridized carbons (Fsp3) is 0.519. The molecule has 0 bridgehead atoms. The van der Waals surface area contributed by atoms with E-state index in [-0.39, 0.29) is 18.4 Å². The van der Waals surface area contributed by atoms with E-state index in [0.717, 1.165) is 5.56 Å². The Balaban J connectivity index is 1.93. The highest BCUT2D eigenvalue weighted by atomic mass is 16.5. The largest absolute Gasteiger partial charge is 0.457 e. The lowest BCUT2D eigenvalue weighted by Gasteiger charge is -2.28. The summed E-state index contributed by atoms with van der Waals surface area (Å²) in [6.45, 7) is 5.77. The summed E-state index contributed by atoms with van der Waals surface area (Å²) < 4.78 is 10.5. The molecule has 0 spiro atoms. The van der Waals surface area contributed by atoms with E-state index >= 15 is 0 Å². The molecule has 2 amide bonds. The van der Waals surface area contributed by atoms with Gasteiger partial charge in [-0.05, 0) is 29.9 Å². The van der Waals surface area contributed by atoms with E-state index in [9.17, 15) is 29.7 Å². The molecule has 10 heteroatoms. The lowest BCUT2D eigenvalue weighted by atomic mass is 9.94. The van der Waals surface area contributed by atoms with Gasteiger partial charge in [0.15, 0.2) is 6.10 Å². The molecule has 6 unspecified atom stereocenters. The molecule has 1 aliphatic rings. The van der Waals surface area contributed by atoms with Gasteiger partial charge in [0.1, 0.15) is 30.5 Å². The number of esters is 1. The SMILES string of the molecule is COC(C(=O)NC1CCC(OC(=O)/C=C/c2ccccc2)CNC1=O)C(O)C(O)C(O)/C=C/C(C)(C)C. The Morgan fingerprint density at radius 3 is 2.41 bits per heavy atom. The highest BCUT2D eigenvalue weighted by Crippen LogP contribution is 2.17. The Morgan fingerprint density at radius 1 is 1.11 bits per heavy atom. The summed E-state index contributed by atoms with van der Waals surface area (Å²) in [6.07, 6.45) is -0.614. The predicted octanol–water partition coefficient (Wildman–Crippen LogP) is 0.706. The van der Waals surface area contributed by atoms with Gasteiger partial charge in [-0.15, -0.1) is 0 Å². The van der Waals surface area contributed by atoms with Crippen molar-refractivity contribution < 1.29 is 39.2 Å². The maximum atomic E-state index is 12.8. The minimum absolute atomic E-state index is 0.0808. The molecular weight excluding hydrogens is 480 g/mol. The quantitative estimate of drug-likeness (QED) is 0.172. The molecule has 1 aromatic rings. The Labute approximate surface area is 217 Å². The van der Waals surface area contributed by atoms with Gasteiger partial charge in [0.25, 0.3) is 5.91 Å². The summed E-state index contributed by atoms with van der Waals surface area (Å²) in [7, 11) is 1.17. The first kappa shape index (κ1) is 30.2. The topological polar surface area (TPSA) is 154 Å². The molecule has 2 rings (SSSR count). The van der Waals surface area contributed by atoms with Crippen LogP contribution >= 0.6 is 0 Å². The molecule has 204 valence electrons. The van der Waals surface area contributed by atoms with Gasteiger partial charge in [0.2, 0.25) is 5.91 Å². The lowest BCUT2D eigenvalue weighted by molar-refractivity contribution is -0.150. The molecule has 1 aromatic carbocycles. The number of carbonyl (C=O) groups is 3. The first-order valence-electron chi connectivity index (χ1n) is 12.2. The van der Waals surface area contributed by atoms with Crippen LogP contribution in [0.1, 0.15) is 39.2 Å². The van der Waals surface area contributed by atoms with Crippen molar-refractivity contribution >= 4 is 23.9 Å². The van der Waals surface area contributed by atoms with Crippen LogP contribution in [0.3, 0.4) is 0 Å². The molecular formula is C27H38N2O8. The van der Waals surface area contributed by atoms with E-state index in [4.69, 9.17) is 9.47 Å². The maximum Gasteiger partial charge on any atom is 0.331 e. The molecule has 0 aliphatic carbocycles. The zero-order valence-corrected chi connectivity index (χ0v) is 21.7. The highest BCUT2D eigenvalue weighted by Gasteiger charge is 2.37. The molecule has 0 radical (unpaired) electrons. The third kappa shape index (κ3) is 10.1. The standard InChI is InChI=1S/C27H38N2O8/c1-27(2,3)15-14-20(30)22(32)23(33)24(36-4)26(35)29-19-12-11-18(16-28-25(19)34)37-21(31)13-10-17-8-6-5-7-9-17/h5-10,13-15,18-20,22-24,30,32-33H,11-12,16H2,1-4H3,(H,28,34)(H,29,35)/b13-10+,15-14+. The van der Waals surface area contributed by atoms with Crippen LogP contribution in [0.25, 0.3) is 6.08 Å². The van der Waals surface area contributed by atoms with Gasteiger partial charge in [-0.3, -0.25) is 9.59 Å². The van der Waals surface area contributed by atoms with Crippen molar-refractivity contribution in [3.8, 4) is 0 Å². The van der Waals surface area contributed by atoms with Crippen LogP contribution in [-0.2, 0) is 23.9 Å². The van der Waals surface area contributed by atoms with Crippen LogP contribution in [0, 0.1) is 5.41 Å². The second kappa shape index (κ2) is 14.0.